The van der Waals surface area contributed by atoms with Gasteiger partial charge < -0.3 is 5.73 Å². The number of nitrogens with one attached hydrogen (secondary N) is 1. The molecule has 0 radical (unpaired) electrons. The summed E-state index contributed by atoms with van der Waals surface area (Å²) in [7, 11) is -3.51. The highest BCUT2D eigenvalue weighted by Gasteiger charge is 2.19. The zero-order valence-corrected chi connectivity index (χ0v) is 11.7. The number of benzene rings is 2. The zero-order valence-electron chi connectivity index (χ0n) is 10.8. The first kappa shape index (κ1) is 14.0. The van der Waals surface area contributed by atoms with E-state index < -0.39 is 10.0 Å². The Morgan fingerprint density at radius 1 is 1.16 bits per heavy atom. The molecular formula is C14H18N2O2S. The van der Waals surface area contributed by atoms with Crippen molar-refractivity contribution < 1.29 is 8.42 Å². The molecule has 2 rings (SSSR count). The lowest BCUT2D eigenvalue weighted by atomic mass is 10.1. The molecule has 0 bridgehead atoms. The fourth-order valence-electron chi connectivity index (χ4n) is 2.07. The number of rotatable bonds is 5. The van der Waals surface area contributed by atoms with E-state index in [2.05, 4.69) is 4.72 Å². The highest BCUT2D eigenvalue weighted by Crippen LogP contribution is 2.22. The summed E-state index contributed by atoms with van der Waals surface area (Å²) >= 11 is 0. The Balaban J connectivity index is 2.43. The van der Waals surface area contributed by atoms with Crippen LogP contribution in [0.15, 0.2) is 47.4 Å². The summed E-state index contributed by atoms with van der Waals surface area (Å²) in [6.07, 6.45) is 0.615. The molecule has 2 aromatic rings. The van der Waals surface area contributed by atoms with Gasteiger partial charge in [-0.15, -0.1) is 0 Å². The molecule has 1 atom stereocenters. The van der Waals surface area contributed by atoms with Crippen LogP contribution in [0.4, 0.5) is 0 Å². The second-order valence-electron chi connectivity index (χ2n) is 4.58. The lowest BCUT2D eigenvalue weighted by Crippen LogP contribution is -2.34. The van der Waals surface area contributed by atoms with Crippen LogP contribution in [-0.4, -0.2) is 21.0 Å². The standard InChI is InChI=1S/C14H18N2O2S/c1-11(9-10-15)16-19(17,18)14-8-4-6-12-5-2-3-7-13(12)14/h2-8,11,16H,9-10,15H2,1H3. The highest BCUT2D eigenvalue weighted by atomic mass is 32.2. The third kappa shape index (κ3) is 3.12. The van der Waals surface area contributed by atoms with Crippen LogP contribution in [0.3, 0.4) is 0 Å². The Kier molecular flexibility index (Phi) is 4.19. The van der Waals surface area contributed by atoms with Gasteiger partial charge in [0.25, 0.3) is 0 Å². The molecule has 0 aliphatic heterocycles. The molecule has 0 heterocycles. The number of nitrogens with two attached hydrogens (primary N) is 1. The first-order chi connectivity index (χ1) is 9.04. The monoisotopic (exact) mass is 278 g/mol. The summed E-state index contributed by atoms with van der Waals surface area (Å²) in [4.78, 5) is 0.314. The van der Waals surface area contributed by atoms with E-state index in [1.165, 1.54) is 0 Å². The van der Waals surface area contributed by atoms with E-state index in [0.29, 0.717) is 17.9 Å². The molecule has 4 nitrogen and oxygen atoms in total. The molecule has 5 heteroatoms. The molecular weight excluding hydrogens is 260 g/mol. The van der Waals surface area contributed by atoms with Crippen LogP contribution in [0.25, 0.3) is 10.8 Å². The summed E-state index contributed by atoms with van der Waals surface area (Å²) in [5.74, 6) is 0. The normalized spacial score (nSPS) is 13.6. The van der Waals surface area contributed by atoms with Crippen LogP contribution in [0.5, 0.6) is 0 Å². The molecule has 0 aromatic heterocycles. The minimum absolute atomic E-state index is 0.172. The second-order valence-corrected chi connectivity index (χ2v) is 6.26. The van der Waals surface area contributed by atoms with E-state index in [-0.39, 0.29) is 6.04 Å². The summed E-state index contributed by atoms with van der Waals surface area (Å²) in [6, 6.07) is 12.6. The van der Waals surface area contributed by atoms with Gasteiger partial charge in [-0.1, -0.05) is 36.4 Å². The lowest BCUT2D eigenvalue weighted by Gasteiger charge is -2.14. The topological polar surface area (TPSA) is 72.2 Å². The third-order valence-corrected chi connectivity index (χ3v) is 4.64. The van der Waals surface area contributed by atoms with Gasteiger partial charge in [0.05, 0.1) is 4.90 Å². The molecule has 0 aliphatic rings. The number of fused-ring (bicyclic) bond motifs is 1. The van der Waals surface area contributed by atoms with Crippen molar-refractivity contribution in [3.63, 3.8) is 0 Å². The quantitative estimate of drug-likeness (QED) is 0.876. The molecule has 19 heavy (non-hydrogen) atoms. The van der Waals surface area contributed by atoms with Gasteiger partial charge in [0, 0.05) is 11.4 Å². The highest BCUT2D eigenvalue weighted by molar-refractivity contribution is 7.89. The van der Waals surface area contributed by atoms with E-state index in [9.17, 15) is 8.42 Å². The van der Waals surface area contributed by atoms with Gasteiger partial charge in [-0.2, -0.15) is 0 Å². The Bertz CT molecular complexity index is 663. The molecule has 1 unspecified atom stereocenters. The Hall–Kier alpha value is -1.43. The van der Waals surface area contributed by atoms with Gasteiger partial charge in [0.15, 0.2) is 0 Å². The SMILES string of the molecule is CC(CCN)NS(=O)(=O)c1cccc2ccccc12. The second kappa shape index (κ2) is 5.69. The number of hydrogen-bond donors (Lipinski definition) is 2. The number of hydrogen-bond acceptors (Lipinski definition) is 3. The molecule has 3 N–H and O–H groups in total. The smallest absolute Gasteiger partial charge is 0.241 e. The molecule has 0 fully saturated rings. The summed E-state index contributed by atoms with van der Waals surface area (Å²) in [5, 5.41) is 1.65. The van der Waals surface area contributed by atoms with Crippen LogP contribution in [0.2, 0.25) is 0 Å². The van der Waals surface area contributed by atoms with Crippen LogP contribution in [-0.2, 0) is 10.0 Å². The Morgan fingerprint density at radius 3 is 2.58 bits per heavy atom. The van der Waals surface area contributed by atoms with E-state index in [4.69, 9.17) is 5.73 Å². The lowest BCUT2D eigenvalue weighted by molar-refractivity contribution is 0.550. The summed E-state index contributed by atoms with van der Waals surface area (Å²) in [6.45, 7) is 2.27. The van der Waals surface area contributed by atoms with E-state index in [1.807, 2.05) is 37.3 Å². The van der Waals surface area contributed by atoms with Crippen molar-refractivity contribution in [2.24, 2.45) is 5.73 Å². The fourth-order valence-corrected chi connectivity index (χ4v) is 3.57. The Labute approximate surface area is 113 Å². The fraction of sp³-hybridized carbons (Fsp3) is 0.286. The van der Waals surface area contributed by atoms with Gasteiger partial charge in [0.1, 0.15) is 0 Å². The first-order valence-corrected chi connectivity index (χ1v) is 7.73. The van der Waals surface area contributed by atoms with Gasteiger partial charge in [-0.3, -0.25) is 0 Å². The molecule has 0 amide bonds. The molecule has 0 spiro atoms. The maximum Gasteiger partial charge on any atom is 0.241 e. The molecule has 0 aliphatic carbocycles. The molecule has 0 saturated heterocycles. The van der Waals surface area contributed by atoms with Crippen molar-refractivity contribution in [1.29, 1.82) is 0 Å². The molecule has 0 saturated carbocycles. The van der Waals surface area contributed by atoms with Gasteiger partial charge in [-0.05, 0) is 31.3 Å². The van der Waals surface area contributed by atoms with Crippen molar-refractivity contribution in [2.45, 2.75) is 24.3 Å². The van der Waals surface area contributed by atoms with Crippen LogP contribution in [0, 0.1) is 0 Å². The predicted molar refractivity (Wildman–Crippen MR) is 77.4 cm³/mol. The van der Waals surface area contributed by atoms with Gasteiger partial charge in [0.2, 0.25) is 10.0 Å². The minimum Gasteiger partial charge on any atom is -0.330 e. The summed E-state index contributed by atoms with van der Waals surface area (Å²) < 4.78 is 27.4. The Morgan fingerprint density at radius 2 is 1.84 bits per heavy atom. The van der Waals surface area contributed by atoms with Crippen molar-refractivity contribution >= 4 is 20.8 Å². The largest absolute Gasteiger partial charge is 0.330 e. The minimum atomic E-state index is -3.51. The maximum atomic E-state index is 12.4. The third-order valence-electron chi connectivity index (χ3n) is 3.00. The molecule has 102 valence electrons. The average molecular weight is 278 g/mol. The van der Waals surface area contributed by atoms with Crippen molar-refractivity contribution in [2.75, 3.05) is 6.54 Å². The molecule has 2 aromatic carbocycles. The van der Waals surface area contributed by atoms with E-state index in [0.717, 1.165) is 10.8 Å². The van der Waals surface area contributed by atoms with Gasteiger partial charge in [-0.25, -0.2) is 13.1 Å². The van der Waals surface area contributed by atoms with Crippen LogP contribution in [0.1, 0.15) is 13.3 Å². The van der Waals surface area contributed by atoms with Gasteiger partial charge >= 0.3 is 0 Å². The van der Waals surface area contributed by atoms with E-state index in [1.54, 1.807) is 12.1 Å². The summed E-state index contributed by atoms with van der Waals surface area (Å²) in [5.41, 5.74) is 5.44. The van der Waals surface area contributed by atoms with Crippen LogP contribution < -0.4 is 10.5 Å². The predicted octanol–water partition coefficient (Wildman–Crippen LogP) is 1.86. The van der Waals surface area contributed by atoms with Crippen molar-refractivity contribution in [3.8, 4) is 0 Å². The van der Waals surface area contributed by atoms with Crippen molar-refractivity contribution in [1.82, 2.24) is 4.72 Å². The maximum absolute atomic E-state index is 12.4. The first-order valence-electron chi connectivity index (χ1n) is 6.25. The average Bonchev–Trinajstić information content (AvgIpc) is 2.37. The van der Waals surface area contributed by atoms with Crippen LogP contribution >= 0.6 is 0 Å². The van der Waals surface area contributed by atoms with E-state index >= 15 is 0 Å². The van der Waals surface area contributed by atoms with Crippen molar-refractivity contribution in [3.05, 3.63) is 42.5 Å². The number of sulfonamides is 1. The zero-order chi connectivity index (χ0) is 13.9.